The minimum atomic E-state index is -3.37. The molecule has 1 saturated carbocycles. The minimum Gasteiger partial charge on any atom is -0.322 e. The van der Waals surface area contributed by atoms with Crippen LogP contribution in [0.5, 0.6) is 0 Å². The number of H-pyrrole nitrogens is 1. The average molecular weight is 405 g/mol. The molecule has 2 heterocycles. The van der Waals surface area contributed by atoms with Gasteiger partial charge in [0.25, 0.3) is 0 Å². The fourth-order valence-electron chi connectivity index (χ4n) is 2.66. The van der Waals surface area contributed by atoms with Crippen molar-refractivity contribution in [3.8, 4) is 11.4 Å². The third-order valence-electron chi connectivity index (χ3n) is 4.03. The number of hydrogen-bond acceptors (Lipinski definition) is 6. The van der Waals surface area contributed by atoms with Gasteiger partial charge in [0.05, 0.1) is 12.5 Å². The maximum absolute atomic E-state index is 11.4. The number of halogens is 1. The summed E-state index contributed by atoms with van der Waals surface area (Å²) in [6.45, 7) is 0. The SMILES string of the molecule is CS(=O)(=O)Nc1cccc(-c2ncc(Cl)c(Nc3cc(C4CC4)[nH]n3)n2)c1. The third-order valence-corrected chi connectivity index (χ3v) is 4.91. The molecule has 0 unspecified atom stereocenters. The molecule has 0 aliphatic heterocycles. The van der Waals surface area contributed by atoms with E-state index in [1.165, 1.54) is 19.0 Å². The number of sulfonamides is 1. The summed E-state index contributed by atoms with van der Waals surface area (Å²) in [6.07, 6.45) is 4.95. The van der Waals surface area contributed by atoms with E-state index in [2.05, 4.69) is 30.2 Å². The van der Waals surface area contributed by atoms with E-state index in [9.17, 15) is 8.42 Å². The summed E-state index contributed by atoms with van der Waals surface area (Å²) in [7, 11) is -3.37. The number of hydrogen-bond donors (Lipinski definition) is 3. The maximum Gasteiger partial charge on any atom is 0.229 e. The Morgan fingerprint density at radius 2 is 2.07 bits per heavy atom. The van der Waals surface area contributed by atoms with Crippen LogP contribution in [0, 0.1) is 0 Å². The van der Waals surface area contributed by atoms with Crippen LogP contribution in [0.2, 0.25) is 5.02 Å². The first-order valence-corrected chi connectivity index (χ1v) is 10.6. The van der Waals surface area contributed by atoms with Gasteiger partial charge in [-0.15, -0.1) is 0 Å². The molecule has 0 radical (unpaired) electrons. The second-order valence-electron chi connectivity index (χ2n) is 6.45. The van der Waals surface area contributed by atoms with Crippen LogP contribution in [0.4, 0.5) is 17.3 Å². The lowest BCUT2D eigenvalue weighted by Crippen LogP contribution is -2.09. The predicted octanol–water partition coefficient (Wildman–Crippen LogP) is 3.51. The number of nitrogens with zero attached hydrogens (tertiary/aromatic N) is 3. The van der Waals surface area contributed by atoms with E-state index < -0.39 is 10.0 Å². The standard InChI is InChI=1S/C17H17ClN6O2S/c1-27(25,26)24-12-4-2-3-11(7-12)16-19-9-13(18)17(21-16)20-15-8-14(22-23-15)10-5-6-10/h2-4,7-10,24H,5-6H2,1H3,(H2,19,20,21,22,23). The van der Waals surface area contributed by atoms with E-state index in [1.54, 1.807) is 24.3 Å². The maximum atomic E-state index is 11.4. The fourth-order valence-corrected chi connectivity index (χ4v) is 3.35. The molecule has 8 nitrogen and oxygen atoms in total. The summed E-state index contributed by atoms with van der Waals surface area (Å²) in [5.74, 6) is 2.04. The van der Waals surface area contributed by atoms with E-state index in [0.717, 1.165) is 11.9 Å². The molecule has 1 aliphatic carbocycles. The van der Waals surface area contributed by atoms with Gasteiger partial charge in [-0.1, -0.05) is 23.7 Å². The van der Waals surface area contributed by atoms with Crippen molar-refractivity contribution >= 4 is 38.9 Å². The molecule has 0 amide bonds. The molecular weight excluding hydrogens is 388 g/mol. The topological polar surface area (TPSA) is 113 Å². The molecule has 4 rings (SSSR count). The Labute approximate surface area is 161 Å². The van der Waals surface area contributed by atoms with Crippen molar-refractivity contribution in [1.82, 2.24) is 20.2 Å². The summed E-state index contributed by atoms with van der Waals surface area (Å²) in [6, 6.07) is 8.78. The highest BCUT2D eigenvalue weighted by molar-refractivity contribution is 7.92. The summed E-state index contributed by atoms with van der Waals surface area (Å²) in [5, 5.41) is 10.7. The van der Waals surface area contributed by atoms with Gasteiger partial charge in [-0.25, -0.2) is 18.4 Å². The van der Waals surface area contributed by atoms with Gasteiger partial charge in [0.1, 0.15) is 5.02 Å². The Morgan fingerprint density at radius 3 is 2.81 bits per heavy atom. The third kappa shape index (κ3) is 4.37. The molecule has 10 heteroatoms. The number of nitrogens with one attached hydrogen (secondary N) is 3. The van der Waals surface area contributed by atoms with Crippen molar-refractivity contribution in [1.29, 1.82) is 0 Å². The van der Waals surface area contributed by atoms with Crippen LogP contribution >= 0.6 is 11.6 Å². The van der Waals surface area contributed by atoms with E-state index >= 15 is 0 Å². The van der Waals surface area contributed by atoms with Crippen LogP contribution in [0.3, 0.4) is 0 Å². The largest absolute Gasteiger partial charge is 0.322 e. The molecule has 0 spiro atoms. The van der Waals surface area contributed by atoms with Crippen molar-refractivity contribution in [3.63, 3.8) is 0 Å². The van der Waals surface area contributed by atoms with Gasteiger partial charge in [-0.2, -0.15) is 5.10 Å². The first-order chi connectivity index (χ1) is 12.9. The van der Waals surface area contributed by atoms with Crippen LogP contribution in [-0.2, 0) is 10.0 Å². The van der Waals surface area contributed by atoms with E-state index in [1.807, 2.05) is 6.07 Å². The predicted molar refractivity (Wildman–Crippen MR) is 105 cm³/mol. The molecule has 1 aliphatic rings. The Kier molecular flexibility index (Phi) is 4.48. The highest BCUT2D eigenvalue weighted by atomic mass is 35.5. The summed E-state index contributed by atoms with van der Waals surface area (Å²) in [5.41, 5.74) is 2.19. The molecule has 0 saturated heterocycles. The second-order valence-corrected chi connectivity index (χ2v) is 8.61. The zero-order chi connectivity index (χ0) is 19.0. The number of anilines is 3. The van der Waals surface area contributed by atoms with E-state index in [4.69, 9.17) is 11.6 Å². The van der Waals surface area contributed by atoms with E-state index in [-0.39, 0.29) is 0 Å². The molecule has 1 aromatic carbocycles. The highest BCUT2D eigenvalue weighted by Crippen LogP contribution is 2.39. The quantitative estimate of drug-likeness (QED) is 0.579. The fraction of sp³-hybridized carbons (Fsp3) is 0.235. The van der Waals surface area contributed by atoms with Gasteiger partial charge in [0.2, 0.25) is 10.0 Å². The van der Waals surface area contributed by atoms with Gasteiger partial charge in [0.15, 0.2) is 17.5 Å². The lowest BCUT2D eigenvalue weighted by molar-refractivity contribution is 0.607. The van der Waals surface area contributed by atoms with Crippen LogP contribution in [0.25, 0.3) is 11.4 Å². The number of aromatic nitrogens is 4. The van der Waals surface area contributed by atoms with Gasteiger partial charge < -0.3 is 5.32 Å². The number of benzene rings is 1. The highest BCUT2D eigenvalue weighted by Gasteiger charge is 2.25. The van der Waals surface area contributed by atoms with Gasteiger partial charge in [0, 0.05) is 28.9 Å². The average Bonchev–Trinajstić information content (AvgIpc) is 3.35. The van der Waals surface area contributed by atoms with Crippen molar-refractivity contribution < 1.29 is 8.42 Å². The van der Waals surface area contributed by atoms with Crippen LogP contribution in [0.15, 0.2) is 36.5 Å². The molecule has 2 aromatic heterocycles. The van der Waals surface area contributed by atoms with Crippen LogP contribution < -0.4 is 10.0 Å². The molecular formula is C17H17ClN6O2S. The van der Waals surface area contributed by atoms with E-state index in [0.29, 0.717) is 39.7 Å². The van der Waals surface area contributed by atoms with Crippen molar-refractivity contribution in [2.75, 3.05) is 16.3 Å². The molecule has 0 atom stereocenters. The van der Waals surface area contributed by atoms with Crippen molar-refractivity contribution in [2.24, 2.45) is 0 Å². The summed E-state index contributed by atoms with van der Waals surface area (Å²) in [4.78, 5) is 8.70. The summed E-state index contributed by atoms with van der Waals surface area (Å²) >= 11 is 6.22. The minimum absolute atomic E-state index is 0.361. The molecule has 27 heavy (non-hydrogen) atoms. The van der Waals surface area contributed by atoms with Gasteiger partial charge in [-0.3, -0.25) is 9.82 Å². The first-order valence-electron chi connectivity index (χ1n) is 8.30. The molecule has 3 aromatic rings. The zero-order valence-corrected chi connectivity index (χ0v) is 16.0. The van der Waals surface area contributed by atoms with Gasteiger partial charge in [-0.05, 0) is 25.0 Å². The monoisotopic (exact) mass is 404 g/mol. The normalized spacial score (nSPS) is 14.1. The number of aromatic amines is 1. The Balaban J connectivity index is 1.60. The smallest absolute Gasteiger partial charge is 0.229 e. The second kappa shape index (κ2) is 6.82. The van der Waals surface area contributed by atoms with Crippen molar-refractivity contribution in [2.45, 2.75) is 18.8 Å². The molecule has 140 valence electrons. The Hall–Kier alpha value is -2.65. The molecule has 1 fully saturated rings. The zero-order valence-electron chi connectivity index (χ0n) is 14.4. The number of rotatable bonds is 6. The Bertz CT molecular complexity index is 1090. The molecule has 3 N–H and O–H groups in total. The van der Waals surface area contributed by atoms with Crippen LogP contribution in [0.1, 0.15) is 24.5 Å². The van der Waals surface area contributed by atoms with Crippen LogP contribution in [-0.4, -0.2) is 34.8 Å². The Morgan fingerprint density at radius 1 is 1.26 bits per heavy atom. The summed E-state index contributed by atoms with van der Waals surface area (Å²) < 4.78 is 25.3. The van der Waals surface area contributed by atoms with Crippen molar-refractivity contribution in [3.05, 3.63) is 47.2 Å². The lowest BCUT2D eigenvalue weighted by atomic mass is 10.2. The lowest BCUT2D eigenvalue weighted by Gasteiger charge is -2.09. The first kappa shape index (κ1) is 17.7. The van der Waals surface area contributed by atoms with Gasteiger partial charge >= 0.3 is 0 Å². The molecule has 0 bridgehead atoms.